The van der Waals surface area contributed by atoms with Crippen LogP contribution in [-0.2, 0) is 16.1 Å². The van der Waals surface area contributed by atoms with Crippen LogP contribution in [-0.4, -0.2) is 46.2 Å². The third-order valence-corrected chi connectivity index (χ3v) is 4.14. The van der Waals surface area contributed by atoms with Crippen molar-refractivity contribution in [2.45, 2.75) is 71.9 Å². The highest BCUT2D eigenvalue weighted by atomic mass is 16.5. The number of ether oxygens (including phenoxy) is 1. The zero-order valence-electron chi connectivity index (χ0n) is 16.9. The Hall–Kier alpha value is -2.18. The number of rotatable bonds is 9. The third kappa shape index (κ3) is 7.93. The van der Waals surface area contributed by atoms with E-state index in [1.54, 1.807) is 20.8 Å². The summed E-state index contributed by atoms with van der Waals surface area (Å²) in [5, 5.41) is 12.7. The molecule has 3 amide bonds. The number of aliphatic hydroxyl groups is 1. The summed E-state index contributed by atoms with van der Waals surface area (Å²) in [7, 11) is 0. The number of nitrogens with zero attached hydrogens (tertiary/aromatic N) is 1. The van der Waals surface area contributed by atoms with Crippen molar-refractivity contribution in [1.29, 1.82) is 0 Å². The van der Waals surface area contributed by atoms with E-state index in [9.17, 15) is 14.7 Å². The van der Waals surface area contributed by atoms with Gasteiger partial charge in [0.25, 0.3) is 5.91 Å². The first-order chi connectivity index (χ1) is 12.8. The van der Waals surface area contributed by atoms with Crippen molar-refractivity contribution in [2.24, 2.45) is 0 Å². The van der Waals surface area contributed by atoms with Gasteiger partial charge in [-0.3, -0.25) is 9.69 Å². The molecule has 1 aromatic carbocycles. The molecule has 6 heteroatoms. The van der Waals surface area contributed by atoms with Gasteiger partial charge in [0, 0.05) is 18.2 Å². The Labute approximate surface area is 162 Å². The summed E-state index contributed by atoms with van der Waals surface area (Å²) in [6.07, 6.45) is 2.12. The van der Waals surface area contributed by atoms with Gasteiger partial charge in [0.2, 0.25) is 0 Å². The fourth-order valence-electron chi connectivity index (χ4n) is 2.35. The molecule has 0 bridgehead atoms. The van der Waals surface area contributed by atoms with Crippen LogP contribution in [0.2, 0.25) is 0 Å². The molecule has 3 atom stereocenters. The minimum absolute atomic E-state index is 0.0186. The largest absolute Gasteiger partial charge is 0.390 e. The van der Waals surface area contributed by atoms with Crippen LogP contribution in [0.15, 0.2) is 42.5 Å². The van der Waals surface area contributed by atoms with Crippen LogP contribution in [0.25, 0.3) is 0 Å². The van der Waals surface area contributed by atoms with Gasteiger partial charge in [-0.05, 0) is 45.8 Å². The molecule has 1 unspecified atom stereocenters. The van der Waals surface area contributed by atoms with Crippen LogP contribution in [0, 0.1) is 0 Å². The number of imide groups is 1. The Bertz CT molecular complexity index is 614. The van der Waals surface area contributed by atoms with E-state index in [0.29, 0.717) is 6.61 Å². The minimum Gasteiger partial charge on any atom is -0.390 e. The second-order valence-electron chi connectivity index (χ2n) is 6.92. The zero-order valence-corrected chi connectivity index (χ0v) is 16.9. The van der Waals surface area contributed by atoms with E-state index in [1.807, 2.05) is 44.2 Å². The maximum Gasteiger partial charge on any atom is 0.324 e. The van der Waals surface area contributed by atoms with Gasteiger partial charge < -0.3 is 15.2 Å². The SMILES string of the molecule is CCC(C)NC(=O)N(C(=O)/C=C/[C@H](OCc1ccccc1)[C@@H](C)O)C(C)C. The first kappa shape index (κ1) is 22.9. The van der Waals surface area contributed by atoms with Crippen LogP contribution < -0.4 is 5.32 Å². The zero-order chi connectivity index (χ0) is 20.4. The number of benzene rings is 1. The molecular weight excluding hydrogens is 344 g/mol. The molecule has 0 aliphatic carbocycles. The topological polar surface area (TPSA) is 78.9 Å². The van der Waals surface area contributed by atoms with Crippen LogP contribution >= 0.6 is 0 Å². The molecule has 6 nitrogen and oxygen atoms in total. The van der Waals surface area contributed by atoms with Gasteiger partial charge in [0.1, 0.15) is 6.10 Å². The Morgan fingerprint density at radius 2 is 1.81 bits per heavy atom. The average molecular weight is 376 g/mol. The predicted molar refractivity (Wildman–Crippen MR) is 106 cm³/mol. The summed E-state index contributed by atoms with van der Waals surface area (Å²) in [6, 6.07) is 8.85. The molecule has 0 heterocycles. The van der Waals surface area contributed by atoms with Gasteiger partial charge in [-0.1, -0.05) is 37.3 Å². The van der Waals surface area contributed by atoms with Crippen molar-refractivity contribution < 1.29 is 19.4 Å². The van der Waals surface area contributed by atoms with Crippen LogP contribution in [0.4, 0.5) is 4.79 Å². The van der Waals surface area contributed by atoms with Crippen molar-refractivity contribution in [3.05, 3.63) is 48.0 Å². The predicted octanol–water partition coefficient (Wildman–Crippen LogP) is 3.25. The number of carbonyl (C=O) groups excluding carboxylic acids is 2. The van der Waals surface area contributed by atoms with E-state index in [1.165, 1.54) is 17.1 Å². The van der Waals surface area contributed by atoms with Gasteiger partial charge in [0.15, 0.2) is 0 Å². The number of nitrogens with one attached hydrogen (secondary N) is 1. The summed E-state index contributed by atoms with van der Waals surface area (Å²) in [4.78, 5) is 26.1. The van der Waals surface area contributed by atoms with E-state index < -0.39 is 24.1 Å². The number of aliphatic hydroxyl groups excluding tert-OH is 1. The Morgan fingerprint density at radius 1 is 1.19 bits per heavy atom. The summed E-state index contributed by atoms with van der Waals surface area (Å²) in [5.41, 5.74) is 0.972. The van der Waals surface area contributed by atoms with Gasteiger partial charge in [0.05, 0.1) is 12.7 Å². The normalized spacial score (nSPS) is 14.8. The lowest BCUT2D eigenvalue weighted by Gasteiger charge is -2.26. The Kier molecular flexibility index (Phi) is 9.75. The highest BCUT2D eigenvalue weighted by Gasteiger charge is 2.24. The van der Waals surface area contributed by atoms with Crippen molar-refractivity contribution in [3.8, 4) is 0 Å². The number of carbonyl (C=O) groups is 2. The van der Waals surface area contributed by atoms with E-state index in [2.05, 4.69) is 5.32 Å². The lowest BCUT2D eigenvalue weighted by molar-refractivity contribution is -0.124. The fraction of sp³-hybridized carbons (Fsp3) is 0.524. The molecule has 0 spiro atoms. The second-order valence-corrected chi connectivity index (χ2v) is 6.92. The van der Waals surface area contributed by atoms with Crippen molar-refractivity contribution in [2.75, 3.05) is 0 Å². The van der Waals surface area contributed by atoms with Gasteiger partial charge in [-0.15, -0.1) is 0 Å². The molecular formula is C21H32N2O4. The molecule has 0 aliphatic rings. The van der Waals surface area contributed by atoms with Crippen molar-refractivity contribution >= 4 is 11.9 Å². The number of hydrogen-bond acceptors (Lipinski definition) is 4. The van der Waals surface area contributed by atoms with Crippen molar-refractivity contribution in [3.63, 3.8) is 0 Å². The lowest BCUT2D eigenvalue weighted by Crippen LogP contribution is -2.49. The molecule has 27 heavy (non-hydrogen) atoms. The molecule has 0 aliphatic heterocycles. The molecule has 1 rings (SSSR count). The molecule has 150 valence electrons. The smallest absolute Gasteiger partial charge is 0.324 e. The molecule has 0 fully saturated rings. The van der Waals surface area contributed by atoms with E-state index in [4.69, 9.17) is 4.74 Å². The number of hydrogen-bond donors (Lipinski definition) is 2. The summed E-state index contributed by atoms with van der Waals surface area (Å²) < 4.78 is 5.71. The van der Waals surface area contributed by atoms with Crippen molar-refractivity contribution in [1.82, 2.24) is 10.2 Å². The Morgan fingerprint density at radius 3 is 2.33 bits per heavy atom. The van der Waals surface area contributed by atoms with Gasteiger partial charge in [-0.25, -0.2) is 4.79 Å². The van der Waals surface area contributed by atoms with E-state index in [0.717, 1.165) is 12.0 Å². The fourth-order valence-corrected chi connectivity index (χ4v) is 2.35. The second kappa shape index (κ2) is 11.5. The summed E-state index contributed by atoms with van der Waals surface area (Å²) in [5.74, 6) is -0.445. The first-order valence-corrected chi connectivity index (χ1v) is 9.41. The summed E-state index contributed by atoms with van der Waals surface area (Å²) >= 11 is 0. The summed E-state index contributed by atoms with van der Waals surface area (Å²) in [6.45, 7) is 9.32. The van der Waals surface area contributed by atoms with Gasteiger partial charge in [-0.2, -0.15) is 0 Å². The number of urea groups is 1. The monoisotopic (exact) mass is 376 g/mol. The Balaban J connectivity index is 2.77. The van der Waals surface area contributed by atoms with E-state index in [-0.39, 0.29) is 12.1 Å². The molecule has 0 aromatic heterocycles. The molecule has 1 aromatic rings. The third-order valence-electron chi connectivity index (χ3n) is 4.14. The van der Waals surface area contributed by atoms with E-state index >= 15 is 0 Å². The highest BCUT2D eigenvalue weighted by Crippen LogP contribution is 2.09. The first-order valence-electron chi connectivity index (χ1n) is 9.41. The number of amides is 3. The minimum atomic E-state index is -0.792. The van der Waals surface area contributed by atoms with Crippen LogP contribution in [0.3, 0.4) is 0 Å². The molecule has 2 N–H and O–H groups in total. The lowest BCUT2D eigenvalue weighted by atomic mass is 10.2. The quantitative estimate of drug-likeness (QED) is 0.649. The maximum atomic E-state index is 12.5. The van der Waals surface area contributed by atoms with Gasteiger partial charge >= 0.3 is 6.03 Å². The highest BCUT2D eigenvalue weighted by molar-refractivity contribution is 6.00. The average Bonchev–Trinajstić information content (AvgIpc) is 2.61. The molecule has 0 saturated carbocycles. The molecule has 0 saturated heterocycles. The van der Waals surface area contributed by atoms with Crippen LogP contribution in [0.5, 0.6) is 0 Å². The maximum absolute atomic E-state index is 12.5. The van der Waals surface area contributed by atoms with Crippen LogP contribution in [0.1, 0.15) is 46.6 Å². The standard InChI is InChI=1S/C21H32N2O4/c1-6-16(4)22-21(26)23(15(2)3)20(25)13-12-19(17(5)24)27-14-18-10-8-7-9-11-18/h7-13,15-17,19,24H,6,14H2,1-5H3,(H,22,26)/b13-12+/t16?,17-,19+/m1/s1. The molecule has 0 radical (unpaired) electrons.